The van der Waals surface area contributed by atoms with Gasteiger partial charge in [0, 0.05) is 12.7 Å². The van der Waals surface area contributed by atoms with Crippen LogP contribution in [0.1, 0.15) is 25.8 Å². The number of hydrogen-bond donors (Lipinski definition) is 0. The zero-order chi connectivity index (χ0) is 12.5. The van der Waals surface area contributed by atoms with Crippen LogP contribution in [0.25, 0.3) is 11.0 Å². The van der Waals surface area contributed by atoms with Crippen molar-refractivity contribution in [1.29, 1.82) is 0 Å². The molecule has 0 N–H and O–H groups in total. The van der Waals surface area contributed by atoms with Gasteiger partial charge in [0.1, 0.15) is 0 Å². The first-order chi connectivity index (χ1) is 8.78. The van der Waals surface area contributed by atoms with E-state index >= 15 is 0 Å². The predicted molar refractivity (Wildman–Crippen MR) is 70.7 cm³/mol. The summed E-state index contributed by atoms with van der Waals surface area (Å²) in [6.45, 7) is 5.50. The normalized spacial score (nSPS) is 21.6. The second-order valence-corrected chi connectivity index (χ2v) is 5.03. The van der Waals surface area contributed by atoms with Crippen molar-refractivity contribution < 1.29 is 0 Å². The number of hydrogen-bond acceptors (Lipinski definition) is 4. The first kappa shape index (κ1) is 11.9. The van der Waals surface area contributed by atoms with Crippen molar-refractivity contribution >= 4 is 22.6 Å². The van der Waals surface area contributed by atoms with Crippen LogP contribution in [-0.4, -0.2) is 44.3 Å². The Hall–Kier alpha value is -1.20. The molecule has 0 spiro atoms. The zero-order valence-electron chi connectivity index (χ0n) is 10.4. The highest BCUT2D eigenvalue weighted by molar-refractivity contribution is 6.28. The van der Waals surface area contributed by atoms with Gasteiger partial charge < -0.3 is 4.90 Å². The van der Waals surface area contributed by atoms with E-state index in [1.807, 2.05) is 10.9 Å². The average Bonchev–Trinajstić information content (AvgIpc) is 2.81. The van der Waals surface area contributed by atoms with Crippen molar-refractivity contribution in [3.8, 4) is 0 Å². The highest BCUT2D eigenvalue weighted by atomic mass is 35.5. The van der Waals surface area contributed by atoms with Crippen LogP contribution in [0.2, 0.25) is 5.28 Å². The van der Waals surface area contributed by atoms with E-state index in [4.69, 9.17) is 11.6 Å². The fourth-order valence-corrected chi connectivity index (χ4v) is 2.73. The molecule has 1 saturated heterocycles. The number of rotatable bonds is 2. The van der Waals surface area contributed by atoms with Gasteiger partial charge in [0.25, 0.3) is 0 Å². The Morgan fingerprint density at radius 3 is 3.17 bits per heavy atom. The highest BCUT2D eigenvalue weighted by Crippen LogP contribution is 2.24. The Morgan fingerprint density at radius 2 is 2.33 bits per heavy atom. The Bertz CT molecular complexity index is 552. The molecule has 18 heavy (non-hydrogen) atoms. The molecule has 6 heteroatoms. The lowest BCUT2D eigenvalue weighted by atomic mass is 10.1. The van der Waals surface area contributed by atoms with Gasteiger partial charge in [-0.05, 0) is 37.5 Å². The molecule has 1 fully saturated rings. The van der Waals surface area contributed by atoms with E-state index in [1.54, 1.807) is 6.20 Å². The first-order valence-electron chi connectivity index (χ1n) is 6.36. The largest absolute Gasteiger partial charge is 0.301 e. The lowest BCUT2D eigenvalue weighted by Crippen LogP contribution is -2.36. The van der Waals surface area contributed by atoms with E-state index in [2.05, 4.69) is 26.9 Å². The average molecular weight is 266 g/mol. The predicted octanol–water partition coefficient (Wildman–Crippen LogP) is 2.14. The molecule has 1 atom stereocenters. The molecule has 1 unspecified atom stereocenters. The van der Waals surface area contributed by atoms with Gasteiger partial charge in [-0.3, -0.25) is 0 Å². The maximum Gasteiger partial charge on any atom is 0.224 e. The van der Waals surface area contributed by atoms with Crippen LogP contribution >= 0.6 is 11.6 Å². The molecular formula is C12H16ClN5. The molecule has 0 aliphatic carbocycles. The van der Waals surface area contributed by atoms with Gasteiger partial charge in [0.15, 0.2) is 5.65 Å². The maximum absolute atomic E-state index is 5.87. The monoisotopic (exact) mass is 265 g/mol. The summed E-state index contributed by atoms with van der Waals surface area (Å²) in [5.74, 6) is 0. The summed E-state index contributed by atoms with van der Waals surface area (Å²) in [5, 5.41) is 5.69. The zero-order valence-corrected chi connectivity index (χ0v) is 11.1. The lowest BCUT2D eigenvalue weighted by molar-refractivity contribution is 0.180. The number of likely N-dealkylation sites (N-methyl/N-ethyl adjacent to an activating group) is 1. The summed E-state index contributed by atoms with van der Waals surface area (Å²) in [7, 11) is 0. The van der Waals surface area contributed by atoms with Crippen molar-refractivity contribution in [1.82, 2.24) is 24.6 Å². The molecule has 2 aromatic rings. The minimum absolute atomic E-state index is 0.285. The van der Waals surface area contributed by atoms with Crippen LogP contribution in [0, 0.1) is 0 Å². The Labute approximate surface area is 111 Å². The van der Waals surface area contributed by atoms with E-state index < -0.39 is 0 Å². The third-order valence-electron chi connectivity index (χ3n) is 3.58. The fraction of sp³-hybridized carbons (Fsp3) is 0.583. The standard InChI is InChI=1S/C12H16ClN5/c1-2-17-5-3-4-10(8-17)18-11-9(7-15-18)6-14-12(13)16-11/h6-7,10H,2-5,8H2,1H3. The van der Waals surface area contributed by atoms with Crippen molar-refractivity contribution in [2.75, 3.05) is 19.6 Å². The minimum Gasteiger partial charge on any atom is -0.301 e. The van der Waals surface area contributed by atoms with Gasteiger partial charge in [0.2, 0.25) is 5.28 Å². The third kappa shape index (κ3) is 2.08. The van der Waals surface area contributed by atoms with Crippen LogP contribution in [0.5, 0.6) is 0 Å². The topological polar surface area (TPSA) is 46.8 Å². The molecule has 0 aromatic carbocycles. The molecular weight excluding hydrogens is 250 g/mol. The molecule has 3 rings (SSSR count). The first-order valence-corrected chi connectivity index (χ1v) is 6.74. The van der Waals surface area contributed by atoms with E-state index in [0.29, 0.717) is 6.04 Å². The number of nitrogens with zero attached hydrogens (tertiary/aromatic N) is 5. The molecule has 1 aliphatic heterocycles. The van der Waals surface area contributed by atoms with Gasteiger partial charge in [-0.25, -0.2) is 9.67 Å². The minimum atomic E-state index is 0.285. The van der Waals surface area contributed by atoms with Crippen LogP contribution in [0.15, 0.2) is 12.4 Å². The smallest absolute Gasteiger partial charge is 0.224 e. The van der Waals surface area contributed by atoms with E-state index in [9.17, 15) is 0 Å². The van der Waals surface area contributed by atoms with Crippen molar-refractivity contribution in [2.24, 2.45) is 0 Å². The molecule has 0 amide bonds. The molecule has 0 saturated carbocycles. The van der Waals surface area contributed by atoms with Gasteiger partial charge >= 0.3 is 0 Å². The van der Waals surface area contributed by atoms with Gasteiger partial charge in [-0.15, -0.1) is 0 Å². The van der Waals surface area contributed by atoms with Gasteiger partial charge in [-0.2, -0.15) is 10.1 Å². The lowest BCUT2D eigenvalue weighted by Gasteiger charge is -2.31. The van der Waals surface area contributed by atoms with Crippen LogP contribution in [-0.2, 0) is 0 Å². The summed E-state index contributed by atoms with van der Waals surface area (Å²) in [4.78, 5) is 10.7. The number of likely N-dealkylation sites (tertiary alicyclic amines) is 1. The van der Waals surface area contributed by atoms with Crippen molar-refractivity contribution in [3.05, 3.63) is 17.7 Å². The summed E-state index contributed by atoms with van der Waals surface area (Å²) < 4.78 is 2.00. The van der Waals surface area contributed by atoms with Crippen LogP contribution in [0.3, 0.4) is 0 Å². The SMILES string of the molecule is CCN1CCCC(n2ncc3cnc(Cl)nc32)C1. The highest BCUT2D eigenvalue weighted by Gasteiger charge is 2.22. The Morgan fingerprint density at radius 1 is 1.44 bits per heavy atom. The van der Waals surface area contributed by atoms with E-state index in [-0.39, 0.29) is 5.28 Å². The molecule has 96 valence electrons. The molecule has 0 bridgehead atoms. The second-order valence-electron chi connectivity index (χ2n) is 4.70. The van der Waals surface area contributed by atoms with Crippen LogP contribution < -0.4 is 0 Å². The number of aromatic nitrogens is 4. The maximum atomic E-state index is 5.87. The van der Waals surface area contributed by atoms with Crippen LogP contribution in [0.4, 0.5) is 0 Å². The summed E-state index contributed by atoms with van der Waals surface area (Å²) in [5.41, 5.74) is 0.845. The number of piperidine rings is 1. The summed E-state index contributed by atoms with van der Waals surface area (Å²) >= 11 is 5.87. The molecule has 3 heterocycles. The Kier molecular flexibility index (Phi) is 3.18. The molecule has 5 nitrogen and oxygen atoms in total. The number of halogens is 1. The van der Waals surface area contributed by atoms with Crippen molar-refractivity contribution in [3.63, 3.8) is 0 Å². The van der Waals surface area contributed by atoms with Gasteiger partial charge in [-0.1, -0.05) is 6.92 Å². The molecule has 1 aliphatic rings. The molecule has 0 radical (unpaired) electrons. The van der Waals surface area contributed by atoms with Gasteiger partial charge in [0.05, 0.1) is 17.6 Å². The summed E-state index contributed by atoms with van der Waals surface area (Å²) in [6.07, 6.45) is 5.90. The third-order valence-corrected chi connectivity index (χ3v) is 3.76. The summed E-state index contributed by atoms with van der Waals surface area (Å²) in [6, 6.07) is 0.391. The quantitative estimate of drug-likeness (QED) is 0.781. The van der Waals surface area contributed by atoms with E-state index in [1.165, 1.54) is 13.0 Å². The second kappa shape index (κ2) is 4.82. The molecule has 2 aromatic heterocycles. The van der Waals surface area contributed by atoms with E-state index in [0.717, 1.165) is 30.5 Å². The number of fused-ring (bicyclic) bond motifs is 1. The fourth-order valence-electron chi connectivity index (χ4n) is 2.60. The van der Waals surface area contributed by atoms with Crippen molar-refractivity contribution in [2.45, 2.75) is 25.8 Å². The Balaban J connectivity index is 1.96.